The molecule has 138 valence electrons. The third-order valence-corrected chi connectivity index (χ3v) is 3.74. The Bertz CT molecular complexity index is 551. The summed E-state index contributed by atoms with van der Waals surface area (Å²) in [7, 11) is 0. The lowest BCUT2D eigenvalue weighted by molar-refractivity contribution is -0.145. The molecule has 0 amide bonds. The van der Waals surface area contributed by atoms with E-state index in [1.807, 2.05) is 12.1 Å². The molecule has 0 aliphatic rings. The van der Waals surface area contributed by atoms with Gasteiger partial charge in [0.25, 0.3) is 0 Å². The Morgan fingerprint density at radius 3 is 2.20 bits per heavy atom. The highest BCUT2D eigenvalue weighted by atomic mass is 16.5. The van der Waals surface area contributed by atoms with Crippen molar-refractivity contribution < 1.29 is 19.1 Å². The van der Waals surface area contributed by atoms with Gasteiger partial charge in [-0.25, -0.2) is 4.79 Å². The SMILES string of the molecule is C=C(C)C(=O)OCCCCCCCCC(=O)OCc1ccc(N)cc1. The van der Waals surface area contributed by atoms with Crippen LogP contribution in [-0.4, -0.2) is 18.5 Å². The van der Waals surface area contributed by atoms with E-state index >= 15 is 0 Å². The van der Waals surface area contributed by atoms with E-state index in [2.05, 4.69) is 6.58 Å². The molecule has 0 aromatic heterocycles. The number of hydrogen-bond acceptors (Lipinski definition) is 5. The Morgan fingerprint density at radius 1 is 0.960 bits per heavy atom. The minimum atomic E-state index is -0.322. The molecule has 0 atom stereocenters. The van der Waals surface area contributed by atoms with Gasteiger partial charge >= 0.3 is 11.9 Å². The lowest BCUT2D eigenvalue weighted by atomic mass is 10.1. The number of hydrogen-bond donors (Lipinski definition) is 1. The van der Waals surface area contributed by atoms with Crippen LogP contribution in [0.4, 0.5) is 5.69 Å². The van der Waals surface area contributed by atoms with Crippen LogP contribution >= 0.6 is 0 Å². The fourth-order valence-electron chi connectivity index (χ4n) is 2.22. The molecule has 0 saturated heterocycles. The molecule has 1 aromatic rings. The zero-order chi connectivity index (χ0) is 18.5. The Kier molecular flexibility index (Phi) is 10.1. The molecule has 5 nitrogen and oxygen atoms in total. The maximum Gasteiger partial charge on any atom is 0.333 e. The molecule has 0 heterocycles. The van der Waals surface area contributed by atoms with Crippen LogP contribution in [0.1, 0.15) is 57.4 Å². The van der Waals surface area contributed by atoms with Crippen molar-refractivity contribution in [2.24, 2.45) is 0 Å². The summed E-state index contributed by atoms with van der Waals surface area (Å²) in [6.45, 7) is 5.92. The molecule has 0 bridgehead atoms. The monoisotopic (exact) mass is 347 g/mol. The van der Waals surface area contributed by atoms with Crippen LogP contribution in [0, 0.1) is 0 Å². The van der Waals surface area contributed by atoms with Gasteiger partial charge in [-0.1, -0.05) is 44.4 Å². The van der Waals surface area contributed by atoms with Gasteiger partial charge in [-0.15, -0.1) is 0 Å². The van der Waals surface area contributed by atoms with Crippen LogP contribution < -0.4 is 5.73 Å². The second-order valence-corrected chi connectivity index (χ2v) is 6.19. The standard InChI is InChI=1S/C20H29NO4/c1-16(2)20(23)24-14-8-6-4-3-5-7-9-19(22)25-15-17-10-12-18(21)13-11-17/h10-13H,1,3-9,14-15,21H2,2H3. The fraction of sp³-hybridized carbons (Fsp3) is 0.500. The van der Waals surface area contributed by atoms with Crippen LogP contribution in [0.25, 0.3) is 0 Å². The lowest BCUT2D eigenvalue weighted by Gasteiger charge is -2.06. The second-order valence-electron chi connectivity index (χ2n) is 6.19. The molecule has 0 spiro atoms. The average molecular weight is 347 g/mol. The van der Waals surface area contributed by atoms with Crippen LogP contribution in [-0.2, 0) is 25.7 Å². The first-order valence-corrected chi connectivity index (χ1v) is 8.81. The average Bonchev–Trinajstić information content (AvgIpc) is 2.59. The number of rotatable bonds is 12. The number of esters is 2. The van der Waals surface area contributed by atoms with Crippen molar-refractivity contribution in [1.82, 2.24) is 0 Å². The van der Waals surface area contributed by atoms with Crippen molar-refractivity contribution in [3.63, 3.8) is 0 Å². The van der Waals surface area contributed by atoms with Crippen LogP contribution in [0.5, 0.6) is 0 Å². The van der Waals surface area contributed by atoms with Crippen molar-refractivity contribution in [2.75, 3.05) is 12.3 Å². The maximum atomic E-state index is 11.7. The first kappa shape index (κ1) is 20.7. The number of ether oxygens (including phenoxy) is 2. The van der Waals surface area contributed by atoms with Crippen LogP contribution in [0.2, 0.25) is 0 Å². The van der Waals surface area contributed by atoms with Crippen molar-refractivity contribution in [2.45, 2.75) is 58.5 Å². The highest BCUT2D eigenvalue weighted by Gasteiger charge is 2.04. The number of carbonyl (C=O) groups is 2. The largest absolute Gasteiger partial charge is 0.462 e. The summed E-state index contributed by atoms with van der Waals surface area (Å²) in [6.07, 6.45) is 6.32. The Balaban J connectivity index is 1.93. The molecule has 0 saturated carbocycles. The molecule has 5 heteroatoms. The Labute approximate surface area is 150 Å². The van der Waals surface area contributed by atoms with Crippen molar-refractivity contribution in [1.29, 1.82) is 0 Å². The van der Waals surface area contributed by atoms with E-state index in [1.165, 1.54) is 0 Å². The Hall–Kier alpha value is -2.30. The number of unbranched alkanes of at least 4 members (excludes halogenated alkanes) is 5. The quantitative estimate of drug-likeness (QED) is 0.266. The highest BCUT2D eigenvalue weighted by Crippen LogP contribution is 2.10. The summed E-state index contributed by atoms with van der Waals surface area (Å²) in [4.78, 5) is 22.8. The van der Waals surface area contributed by atoms with Gasteiger partial charge < -0.3 is 15.2 Å². The topological polar surface area (TPSA) is 78.6 Å². The lowest BCUT2D eigenvalue weighted by Crippen LogP contribution is -2.06. The predicted octanol–water partition coefficient (Wildman–Crippen LogP) is 4.16. The van der Waals surface area contributed by atoms with Gasteiger partial charge in [-0.3, -0.25) is 4.79 Å². The van der Waals surface area contributed by atoms with E-state index in [0.29, 0.717) is 30.9 Å². The van der Waals surface area contributed by atoms with Gasteiger partial charge in [-0.05, 0) is 37.5 Å². The second kappa shape index (κ2) is 12.1. The van der Waals surface area contributed by atoms with E-state index in [-0.39, 0.29) is 11.9 Å². The minimum absolute atomic E-state index is 0.163. The van der Waals surface area contributed by atoms with Gasteiger partial charge in [0.15, 0.2) is 0 Å². The smallest absolute Gasteiger partial charge is 0.333 e. The molecule has 0 fully saturated rings. The van der Waals surface area contributed by atoms with Gasteiger partial charge in [-0.2, -0.15) is 0 Å². The molecular formula is C20H29NO4. The van der Waals surface area contributed by atoms with E-state index in [9.17, 15) is 9.59 Å². The molecule has 0 aliphatic carbocycles. The number of anilines is 1. The maximum absolute atomic E-state index is 11.7. The zero-order valence-electron chi connectivity index (χ0n) is 15.1. The highest BCUT2D eigenvalue weighted by molar-refractivity contribution is 5.86. The van der Waals surface area contributed by atoms with E-state index in [1.54, 1.807) is 19.1 Å². The van der Waals surface area contributed by atoms with Gasteiger partial charge in [0.1, 0.15) is 6.61 Å². The van der Waals surface area contributed by atoms with Gasteiger partial charge in [0.05, 0.1) is 6.61 Å². The molecule has 0 aliphatic heterocycles. The number of carbonyl (C=O) groups excluding carboxylic acids is 2. The van der Waals surface area contributed by atoms with Gasteiger partial charge in [0, 0.05) is 17.7 Å². The van der Waals surface area contributed by atoms with Crippen LogP contribution in [0.15, 0.2) is 36.4 Å². The Morgan fingerprint density at radius 2 is 1.56 bits per heavy atom. The molecular weight excluding hydrogens is 318 g/mol. The summed E-state index contributed by atoms with van der Waals surface area (Å²) in [5.41, 5.74) is 7.68. The molecule has 2 N–H and O–H groups in total. The summed E-state index contributed by atoms with van der Waals surface area (Å²) in [6, 6.07) is 7.30. The molecule has 1 rings (SSSR count). The number of nitrogen functional groups attached to an aromatic ring is 1. The van der Waals surface area contributed by atoms with E-state index in [4.69, 9.17) is 15.2 Å². The molecule has 25 heavy (non-hydrogen) atoms. The van der Waals surface area contributed by atoms with E-state index in [0.717, 1.165) is 44.1 Å². The van der Waals surface area contributed by atoms with Crippen LogP contribution in [0.3, 0.4) is 0 Å². The summed E-state index contributed by atoms with van der Waals surface area (Å²) >= 11 is 0. The normalized spacial score (nSPS) is 10.3. The summed E-state index contributed by atoms with van der Waals surface area (Å²) in [5, 5.41) is 0. The van der Waals surface area contributed by atoms with Crippen molar-refractivity contribution in [3.8, 4) is 0 Å². The number of nitrogens with two attached hydrogens (primary N) is 1. The van der Waals surface area contributed by atoms with E-state index < -0.39 is 0 Å². The van der Waals surface area contributed by atoms with Gasteiger partial charge in [0.2, 0.25) is 0 Å². The molecule has 0 radical (unpaired) electrons. The first-order chi connectivity index (χ1) is 12.0. The van der Waals surface area contributed by atoms with Crippen molar-refractivity contribution in [3.05, 3.63) is 42.0 Å². The summed E-state index contributed by atoms with van der Waals surface area (Å²) < 4.78 is 10.3. The third kappa shape index (κ3) is 10.2. The predicted molar refractivity (Wildman–Crippen MR) is 98.7 cm³/mol. The molecule has 0 unspecified atom stereocenters. The fourth-order valence-corrected chi connectivity index (χ4v) is 2.22. The zero-order valence-corrected chi connectivity index (χ0v) is 15.1. The summed E-state index contributed by atoms with van der Waals surface area (Å²) in [5.74, 6) is -0.485. The number of benzene rings is 1. The third-order valence-electron chi connectivity index (χ3n) is 3.74. The van der Waals surface area contributed by atoms with Crippen molar-refractivity contribution >= 4 is 17.6 Å². The first-order valence-electron chi connectivity index (χ1n) is 8.81. The molecule has 1 aromatic carbocycles. The minimum Gasteiger partial charge on any atom is -0.462 e.